The zero-order chi connectivity index (χ0) is 13.4. The van der Waals surface area contributed by atoms with Gasteiger partial charge in [-0.3, -0.25) is 4.68 Å². The lowest BCUT2D eigenvalue weighted by Gasteiger charge is -2.18. The molecule has 0 spiro atoms. The Morgan fingerprint density at radius 2 is 2.26 bits per heavy atom. The van der Waals surface area contributed by atoms with E-state index in [1.165, 1.54) is 5.56 Å². The zero-order valence-corrected chi connectivity index (χ0v) is 12.9. The van der Waals surface area contributed by atoms with Gasteiger partial charge in [0.1, 0.15) is 5.82 Å². The van der Waals surface area contributed by atoms with E-state index >= 15 is 0 Å². The lowest BCUT2D eigenvalue weighted by Crippen LogP contribution is -2.20. The van der Waals surface area contributed by atoms with E-state index in [-0.39, 0.29) is 0 Å². The van der Waals surface area contributed by atoms with Crippen molar-refractivity contribution < 1.29 is 0 Å². The van der Waals surface area contributed by atoms with E-state index < -0.39 is 0 Å². The van der Waals surface area contributed by atoms with Gasteiger partial charge in [0.15, 0.2) is 0 Å². The first-order chi connectivity index (χ1) is 9.13. The smallest absolute Gasteiger partial charge is 0.142 e. The molecule has 0 bridgehead atoms. The number of hydrogen-bond acceptors (Lipinski definition) is 3. The summed E-state index contributed by atoms with van der Waals surface area (Å²) >= 11 is 9.46. The first-order valence-electron chi connectivity index (χ1n) is 6.18. The van der Waals surface area contributed by atoms with Crippen LogP contribution in [0.5, 0.6) is 0 Å². The summed E-state index contributed by atoms with van der Waals surface area (Å²) in [6, 6.07) is 1.89. The molecule has 1 aliphatic heterocycles. The molecule has 1 aliphatic rings. The summed E-state index contributed by atoms with van der Waals surface area (Å²) in [6.07, 6.45) is 6.87. The van der Waals surface area contributed by atoms with Gasteiger partial charge in [-0.15, -0.1) is 0 Å². The second kappa shape index (κ2) is 5.13. The highest BCUT2D eigenvalue weighted by molar-refractivity contribution is 9.10. The Morgan fingerprint density at radius 3 is 2.95 bits per heavy atom. The second-order valence-electron chi connectivity index (χ2n) is 4.84. The van der Waals surface area contributed by atoms with Crippen molar-refractivity contribution in [2.45, 2.75) is 12.3 Å². The fourth-order valence-electron chi connectivity index (χ4n) is 2.52. The molecular formula is C13H14BrClN4. The number of aryl methyl sites for hydroxylation is 1. The van der Waals surface area contributed by atoms with Crippen molar-refractivity contribution in [1.82, 2.24) is 14.8 Å². The number of rotatable bonds is 2. The van der Waals surface area contributed by atoms with Gasteiger partial charge in [0.2, 0.25) is 0 Å². The van der Waals surface area contributed by atoms with Crippen molar-refractivity contribution in [3.8, 4) is 0 Å². The molecule has 19 heavy (non-hydrogen) atoms. The van der Waals surface area contributed by atoms with Crippen LogP contribution in [0.25, 0.3) is 0 Å². The molecule has 4 nitrogen and oxygen atoms in total. The van der Waals surface area contributed by atoms with Gasteiger partial charge in [-0.1, -0.05) is 11.6 Å². The normalized spacial score (nSPS) is 19.1. The highest BCUT2D eigenvalue weighted by atomic mass is 79.9. The highest BCUT2D eigenvalue weighted by Crippen LogP contribution is 2.33. The maximum absolute atomic E-state index is 5.93. The largest absolute Gasteiger partial charge is 0.355 e. The van der Waals surface area contributed by atoms with Crippen molar-refractivity contribution in [3.05, 3.63) is 39.7 Å². The number of nitrogens with zero attached hydrogens (tertiary/aromatic N) is 4. The summed E-state index contributed by atoms with van der Waals surface area (Å²) in [7, 11) is 1.95. The van der Waals surface area contributed by atoms with E-state index in [4.69, 9.17) is 11.6 Å². The van der Waals surface area contributed by atoms with Gasteiger partial charge in [0.05, 0.1) is 15.7 Å². The minimum Gasteiger partial charge on any atom is -0.355 e. The van der Waals surface area contributed by atoms with Gasteiger partial charge in [0.25, 0.3) is 0 Å². The molecule has 3 heterocycles. The Labute approximate surface area is 125 Å². The van der Waals surface area contributed by atoms with Crippen molar-refractivity contribution in [1.29, 1.82) is 0 Å². The van der Waals surface area contributed by atoms with Gasteiger partial charge < -0.3 is 4.90 Å². The molecule has 3 rings (SSSR count). The molecule has 0 aromatic carbocycles. The molecule has 6 heteroatoms. The Bertz CT molecular complexity index is 598. The minimum atomic E-state index is 0.526. The summed E-state index contributed by atoms with van der Waals surface area (Å²) in [5, 5.41) is 4.90. The predicted molar refractivity (Wildman–Crippen MR) is 79.7 cm³/mol. The first kappa shape index (κ1) is 12.9. The summed E-state index contributed by atoms with van der Waals surface area (Å²) in [6.45, 7) is 1.98. The minimum absolute atomic E-state index is 0.526. The standard InChI is InChI=1S/C13H14BrClN4/c1-18-7-10(5-17-18)9-2-3-19(8-9)13-12(14)4-11(15)6-16-13/h4-7,9H,2-3,8H2,1H3. The maximum Gasteiger partial charge on any atom is 0.142 e. The van der Waals surface area contributed by atoms with Crippen molar-refractivity contribution in [2.75, 3.05) is 18.0 Å². The molecule has 0 radical (unpaired) electrons. The number of hydrogen-bond donors (Lipinski definition) is 0. The van der Waals surface area contributed by atoms with E-state index in [1.54, 1.807) is 6.20 Å². The van der Waals surface area contributed by atoms with Crippen LogP contribution in [0.3, 0.4) is 0 Å². The van der Waals surface area contributed by atoms with Gasteiger partial charge in [-0.2, -0.15) is 5.10 Å². The monoisotopic (exact) mass is 340 g/mol. The van der Waals surface area contributed by atoms with Crippen LogP contribution >= 0.6 is 27.5 Å². The number of pyridine rings is 1. The van der Waals surface area contributed by atoms with Gasteiger partial charge >= 0.3 is 0 Å². The van der Waals surface area contributed by atoms with Crippen LogP contribution in [0.2, 0.25) is 5.02 Å². The predicted octanol–water partition coefficient (Wildman–Crippen LogP) is 3.22. The summed E-state index contributed by atoms with van der Waals surface area (Å²) in [5.74, 6) is 1.49. The average Bonchev–Trinajstić information content (AvgIpc) is 2.97. The molecule has 1 saturated heterocycles. The van der Waals surface area contributed by atoms with Crippen molar-refractivity contribution in [2.24, 2.45) is 7.05 Å². The van der Waals surface area contributed by atoms with E-state index in [1.807, 2.05) is 24.0 Å². The van der Waals surface area contributed by atoms with E-state index in [9.17, 15) is 0 Å². The number of aromatic nitrogens is 3. The zero-order valence-electron chi connectivity index (χ0n) is 10.6. The molecule has 1 atom stereocenters. The van der Waals surface area contributed by atoms with E-state index in [0.717, 1.165) is 29.8 Å². The highest BCUT2D eigenvalue weighted by Gasteiger charge is 2.26. The summed E-state index contributed by atoms with van der Waals surface area (Å²) in [5.41, 5.74) is 1.30. The number of halogens is 2. The number of anilines is 1. The molecule has 0 N–H and O–H groups in total. The molecule has 0 saturated carbocycles. The fraction of sp³-hybridized carbons (Fsp3) is 0.385. The fourth-order valence-corrected chi connectivity index (χ4v) is 3.41. The molecule has 2 aromatic heterocycles. The second-order valence-corrected chi connectivity index (χ2v) is 6.13. The molecular weight excluding hydrogens is 328 g/mol. The van der Waals surface area contributed by atoms with Crippen LogP contribution in [0.4, 0.5) is 5.82 Å². The third kappa shape index (κ3) is 2.62. The summed E-state index contributed by atoms with van der Waals surface area (Å²) < 4.78 is 2.81. The van der Waals surface area contributed by atoms with Crippen molar-refractivity contribution in [3.63, 3.8) is 0 Å². The molecule has 1 fully saturated rings. The Hall–Kier alpha value is -1.07. The van der Waals surface area contributed by atoms with Gasteiger partial charge in [-0.05, 0) is 34.0 Å². The van der Waals surface area contributed by atoms with Crippen LogP contribution in [0.15, 0.2) is 29.1 Å². The van der Waals surface area contributed by atoms with Crippen LogP contribution < -0.4 is 4.90 Å². The Kier molecular flexibility index (Phi) is 3.50. The van der Waals surface area contributed by atoms with E-state index in [0.29, 0.717) is 10.9 Å². The Morgan fingerprint density at radius 1 is 1.42 bits per heavy atom. The lowest BCUT2D eigenvalue weighted by atomic mass is 10.0. The van der Waals surface area contributed by atoms with Crippen molar-refractivity contribution >= 4 is 33.3 Å². The third-order valence-corrected chi connectivity index (χ3v) is 4.26. The average molecular weight is 342 g/mol. The topological polar surface area (TPSA) is 34.0 Å². The van der Waals surface area contributed by atoms with Crippen LogP contribution in [0, 0.1) is 0 Å². The molecule has 0 aliphatic carbocycles. The van der Waals surface area contributed by atoms with Crippen LogP contribution in [0.1, 0.15) is 17.9 Å². The quantitative estimate of drug-likeness (QED) is 0.841. The van der Waals surface area contributed by atoms with Crippen LogP contribution in [-0.4, -0.2) is 27.9 Å². The maximum atomic E-state index is 5.93. The molecule has 0 amide bonds. The SMILES string of the molecule is Cn1cc(C2CCN(c3ncc(Cl)cc3Br)C2)cn1. The molecule has 100 valence electrons. The lowest BCUT2D eigenvalue weighted by molar-refractivity contribution is 0.754. The van der Waals surface area contributed by atoms with Gasteiger partial charge in [0, 0.05) is 38.4 Å². The first-order valence-corrected chi connectivity index (χ1v) is 7.35. The molecule has 1 unspecified atom stereocenters. The Balaban J connectivity index is 1.78. The van der Waals surface area contributed by atoms with E-state index in [2.05, 4.69) is 37.1 Å². The van der Waals surface area contributed by atoms with Gasteiger partial charge in [-0.25, -0.2) is 4.98 Å². The van der Waals surface area contributed by atoms with Crippen LogP contribution in [-0.2, 0) is 7.05 Å². The summed E-state index contributed by atoms with van der Waals surface area (Å²) in [4.78, 5) is 6.71. The molecule has 2 aromatic rings. The third-order valence-electron chi connectivity index (χ3n) is 3.47.